The van der Waals surface area contributed by atoms with Crippen molar-refractivity contribution in [2.45, 2.75) is 20.0 Å². The Labute approximate surface area is 152 Å². The number of rotatable bonds is 2. The number of hydrogen-bond acceptors (Lipinski definition) is 2. The molecule has 0 fully saturated rings. The van der Waals surface area contributed by atoms with Crippen molar-refractivity contribution in [2.75, 3.05) is 0 Å². The summed E-state index contributed by atoms with van der Waals surface area (Å²) in [4.78, 5) is 0. The van der Waals surface area contributed by atoms with E-state index in [0.717, 1.165) is 11.3 Å². The topological polar surface area (TPSA) is 20.2 Å². The van der Waals surface area contributed by atoms with Crippen molar-refractivity contribution in [1.29, 1.82) is 0 Å². The van der Waals surface area contributed by atoms with E-state index in [9.17, 15) is 13.9 Å². The van der Waals surface area contributed by atoms with E-state index in [1.807, 2.05) is 0 Å². The molecule has 132 valence electrons. The lowest BCUT2D eigenvalue weighted by molar-refractivity contribution is 0.210. The molecule has 0 saturated carbocycles. The molecule has 0 saturated heterocycles. The molecular formula is C21H15F3OS. The Bertz CT molecular complexity index is 1160. The maximum atomic E-state index is 15.1. The van der Waals surface area contributed by atoms with Crippen molar-refractivity contribution in [3.05, 3.63) is 82.2 Å². The summed E-state index contributed by atoms with van der Waals surface area (Å²) in [7, 11) is 0. The number of hydrogen-bond donors (Lipinski definition) is 1. The van der Waals surface area contributed by atoms with Crippen molar-refractivity contribution < 1.29 is 18.3 Å². The Kier molecular flexibility index (Phi) is 4.01. The maximum absolute atomic E-state index is 15.1. The quantitative estimate of drug-likeness (QED) is 0.446. The average molecular weight is 372 g/mol. The summed E-state index contributed by atoms with van der Waals surface area (Å²) >= 11 is 1.01. The third kappa shape index (κ3) is 2.50. The van der Waals surface area contributed by atoms with Gasteiger partial charge in [-0.25, -0.2) is 13.2 Å². The van der Waals surface area contributed by atoms with Gasteiger partial charge in [0, 0.05) is 21.9 Å². The van der Waals surface area contributed by atoms with Crippen LogP contribution in [0.5, 0.6) is 0 Å². The van der Waals surface area contributed by atoms with E-state index in [4.69, 9.17) is 0 Å². The summed E-state index contributed by atoms with van der Waals surface area (Å²) in [5.74, 6) is -1.60. The number of halogens is 3. The fourth-order valence-corrected chi connectivity index (χ4v) is 4.42. The zero-order valence-corrected chi connectivity index (χ0v) is 14.9. The third-order valence-electron chi connectivity index (χ3n) is 4.66. The number of aryl methyl sites for hydroxylation is 2. The first-order chi connectivity index (χ1) is 12.4. The molecule has 0 bridgehead atoms. The molecule has 4 aromatic rings. The normalized spacial score (nSPS) is 12.8. The van der Waals surface area contributed by atoms with E-state index >= 15 is 4.39 Å². The summed E-state index contributed by atoms with van der Waals surface area (Å²) in [5, 5.41) is 11.7. The van der Waals surface area contributed by atoms with E-state index < -0.39 is 17.7 Å². The van der Waals surface area contributed by atoms with Crippen molar-refractivity contribution in [1.82, 2.24) is 0 Å². The highest BCUT2D eigenvalue weighted by Crippen LogP contribution is 2.40. The second-order valence-corrected chi connectivity index (χ2v) is 7.47. The van der Waals surface area contributed by atoms with Gasteiger partial charge < -0.3 is 5.11 Å². The van der Waals surface area contributed by atoms with Gasteiger partial charge in [-0.2, -0.15) is 0 Å². The molecular weight excluding hydrogens is 357 g/mol. The number of thiophene rings is 1. The average Bonchev–Trinajstić information content (AvgIpc) is 2.98. The molecule has 5 heteroatoms. The van der Waals surface area contributed by atoms with Crippen LogP contribution in [0.1, 0.15) is 28.4 Å². The minimum atomic E-state index is -1.43. The van der Waals surface area contributed by atoms with Crippen LogP contribution in [0.2, 0.25) is 0 Å². The van der Waals surface area contributed by atoms with Gasteiger partial charge in [0.05, 0.1) is 9.40 Å². The van der Waals surface area contributed by atoms with Crippen LogP contribution in [0, 0.1) is 31.3 Å². The molecule has 0 aliphatic rings. The largest absolute Gasteiger partial charge is 0.383 e. The van der Waals surface area contributed by atoms with Gasteiger partial charge in [0.1, 0.15) is 23.6 Å². The van der Waals surface area contributed by atoms with E-state index in [1.54, 1.807) is 38.1 Å². The lowest BCUT2D eigenvalue weighted by Crippen LogP contribution is -2.05. The van der Waals surface area contributed by atoms with Crippen molar-refractivity contribution in [2.24, 2.45) is 0 Å². The number of fused-ring (bicyclic) bond motifs is 3. The second-order valence-electron chi connectivity index (χ2n) is 6.45. The Morgan fingerprint density at radius 2 is 1.42 bits per heavy atom. The smallest absolute Gasteiger partial charge is 0.147 e. The highest BCUT2D eigenvalue weighted by atomic mass is 32.1. The Balaban J connectivity index is 1.93. The van der Waals surface area contributed by atoms with Crippen LogP contribution >= 0.6 is 11.3 Å². The van der Waals surface area contributed by atoms with Gasteiger partial charge in [-0.15, -0.1) is 11.3 Å². The molecule has 1 aromatic heterocycles. The van der Waals surface area contributed by atoms with Crippen molar-refractivity contribution in [3.8, 4) is 0 Å². The monoisotopic (exact) mass is 372 g/mol. The van der Waals surface area contributed by atoms with Crippen LogP contribution in [0.25, 0.3) is 20.2 Å². The number of aliphatic hydroxyl groups is 1. The molecule has 26 heavy (non-hydrogen) atoms. The molecule has 0 amide bonds. The van der Waals surface area contributed by atoms with Gasteiger partial charge in [-0.1, -0.05) is 36.4 Å². The predicted molar refractivity (Wildman–Crippen MR) is 99.2 cm³/mol. The lowest BCUT2D eigenvalue weighted by atomic mass is 9.98. The van der Waals surface area contributed by atoms with Crippen LogP contribution in [-0.4, -0.2) is 5.11 Å². The van der Waals surface area contributed by atoms with Gasteiger partial charge in [-0.3, -0.25) is 0 Å². The molecule has 0 radical (unpaired) electrons. The van der Waals surface area contributed by atoms with Gasteiger partial charge in [0.25, 0.3) is 0 Å². The first-order valence-corrected chi connectivity index (χ1v) is 8.94. The molecule has 1 N–H and O–H groups in total. The lowest BCUT2D eigenvalue weighted by Gasteiger charge is -2.14. The summed E-state index contributed by atoms with van der Waals surface area (Å²) in [6, 6.07) is 10.9. The van der Waals surface area contributed by atoms with Gasteiger partial charge in [0.2, 0.25) is 0 Å². The molecule has 0 aliphatic carbocycles. The van der Waals surface area contributed by atoms with Gasteiger partial charge in [-0.05, 0) is 31.0 Å². The summed E-state index contributed by atoms with van der Waals surface area (Å²) < 4.78 is 44.3. The minimum absolute atomic E-state index is 0.0111. The van der Waals surface area contributed by atoms with E-state index in [2.05, 4.69) is 0 Å². The van der Waals surface area contributed by atoms with E-state index in [-0.39, 0.29) is 21.6 Å². The molecule has 1 nitrogen and oxygen atoms in total. The first-order valence-electron chi connectivity index (χ1n) is 8.12. The van der Waals surface area contributed by atoms with Crippen molar-refractivity contribution >= 4 is 31.5 Å². The van der Waals surface area contributed by atoms with Crippen LogP contribution in [0.3, 0.4) is 0 Å². The molecule has 0 aliphatic heterocycles. The van der Waals surface area contributed by atoms with Crippen LogP contribution in [0.4, 0.5) is 13.2 Å². The predicted octanol–water partition coefficient (Wildman–Crippen LogP) is 6.17. The van der Waals surface area contributed by atoms with Gasteiger partial charge in [0.15, 0.2) is 0 Å². The molecule has 0 spiro atoms. The fourth-order valence-electron chi connectivity index (χ4n) is 3.18. The van der Waals surface area contributed by atoms with Gasteiger partial charge >= 0.3 is 0 Å². The molecule has 4 rings (SSSR count). The van der Waals surface area contributed by atoms with Crippen LogP contribution in [0.15, 0.2) is 42.5 Å². The molecule has 1 unspecified atom stereocenters. The SMILES string of the molecule is Cc1ccc(C(O)c2ccc3c(sc4c(F)c(C)ccc43)c2F)c(F)c1. The standard InChI is InChI=1S/C21H15F3OS/c1-10-3-5-14(16(22)9-10)19(25)15-8-7-13-12-6-4-11(2)17(23)20(12)26-21(13)18(15)24/h3-9,19,25H,1-2H3. The maximum Gasteiger partial charge on any atom is 0.147 e. The zero-order chi connectivity index (χ0) is 18.6. The molecule has 3 aromatic carbocycles. The number of benzene rings is 3. The second kappa shape index (κ2) is 6.11. The first kappa shape index (κ1) is 17.1. The van der Waals surface area contributed by atoms with Crippen LogP contribution < -0.4 is 0 Å². The number of aliphatic hydroxyl groups excluding tert-OH is 1. The van der Waals surface area contributed by atoms with E-state index in [0.29, 0.717) is 26.6 Å². The Hall–Kier alpha value is -2.37. The minimum Gasteiger partial charge on any atom is -0.383 e. The summed E-state index contributed by atoms with van der Waals surface area (Å²) in [6.07, 6.45) is -1.43. The summed E-state index contributed by atoms with van der Waals surface area (Å²) in [6.45, 7) is 3.39. The Morgan fingerprint density at radius 1 is 0.808 bits per heavy atom. The van der Waals surface area contributed by atoms with E-state index in [1.165, 1.54) is 18.2 Å². The Morgan fingerprint density at radius 3 is 2.12 bits per heavy atom. The fraction of sp³-hybridized carbons (Fsp3) is 0.143. The molecule has 1 atom stereocenters. The highest BCUT2D eigenvalue weighted by molar-refractivity contribution is 7.25. The third-order valence-corrected chi connectivity index (χ3v) is 5.86. The molecule has 1 heterocycles. The van der Waals surface area contributed by atoms with Crippen molar-refractivity contribution in [3.63, 3.8) is 0 Å². The highest BCUT2D eigenvalue weighted by Gasteiger charge is 2.22. The zero-order valence-electron chi connectivity index (χ0n) is 14.1. The van der Waals surface area contributed by atoms with Crippen LogP contribution in [-0.2, 0) is 0 Å². The summed E-state index contributed by atoms with van der Waals surface area (Å²) in [5.41, 5.74) is 1.19.